The smallest absolute Gasteiger partial charge is 0.270 e. The monoisotopic (exact) mass is 582 g/mol. The molecule has 5 rings (SSSR count). The third kappa shape index (κ3) is 9.07. The molecular formula is C35H42N4O2S. The van der Waals surface area contributed by atoms with Crippen LogP contribution >= 0.6 is 11.3 Å². The molecule has 6 nitrogen and oxygen atoms in total. The molecule has 0 unspecified atom stereocenters. The average molecular weight is 583 g/mol. The Morgan fingerprint density at radius 2 is 1.62 bits per heavy atom. The van der Waals surface area contributed by atoms with Gasteiger partial charge in [0, 0.05) is 37.5 Å². The summed E-state index contributed by atoms with van der Waals surface area (Å²) in [5, 5.41) is 5.93. The first kappa shape index (κ1) is 30.1. The standard InChI is InChI=1S/C35H42N4O2S/c1-28-13-15-29(16-14-28)25-39(20-17-32(30-9-4-2-5-10-30)31-11-6-3-7-12-31)26-34-37-33(27-42-34)35(40)36-18-8-19-38-21-23-41-24-22-38/h2-7,9-16,27,32H,8,17-26H2,1H3,(H,36,40). The molecule has 1 saturated heterocycles. The van der Waals surface area contributed by atoms with E-state index in [0.717, 1.165) is 63.8 Å². The number of nitrogens with zero attached hydrogens (tertiary/aromatic N) is 3. The quantitative estimate of drug-likeness (QED) is 0.181. The number of carbonyl (C=O) groups excluding carboxylic acids is 1. The highest BCUT2D eigenvalue weighted by atomic mass is 32.1. The number of nitrogens with one attached hydrogen (secondary N) is 1. The van der Waals surface area contributed by atoms with Crippen LogP contribution < -0.4 is 5.32 Å². The van der Waals surface area contributed by atoms with Crippen molar-refractivity contribution in [2.24, 2.45) is 0 Å². The van der Waals surface area contributed by atoms with Gasteiger partial charge in [0.2, 0.25) is 0 Å². The number of aromatic nitrogens is 1. The molecule has 42 heavy (non-hydrogen) atoms. The van der Waals surface area contributed by atoms with E-state index in [1.165, 1.54) is 22.3 Å². The number of morpholine rings is 1. The molecule has 0 radical (unpaired) electrons. The molecule has 4 aromatic rings. The van der Waals surface area contributed by atoms with Crippen LogP contribution in [0.1, 0.15) is 56.5 Å². The second-order valence-corrected chi connectivity index (χ2v) is 12.0. The Balaban J connectivity index is 1.22. The molecule has 220 valence electrons. The van der Waals surface area contributed by atoms with Crippen LogP contribution in [-0.4, -0.2) is 66.6 Å². The van der Waals surface area contributed by atoms with Crippen LogP contribution in [0.5, 0.6) is 0 Å². The maximum atomic E-state index is 12.8. The lowest BCUT2D eigenvalue weighted by atomic mass is 9.88. The van der Waals surface area contributed by atoms with E-state index in [9.17, 15) is 4.79 Å². The Kier molecular flexibility index (Phi) is 11.3. The molecule has 7 heteroatoms. The largest absolute Gasteiger partial charge is 0.379 e. The molecule has 1 N–H and O–H groups in total. The molecule has 1 aromatic heterocycles. The average Bonchev–Trinajstić information content (AvgIpc) is 3.50. The fourth-order valence-corrected chi connectivity index (χ4v) is 6.29. The van der Waals surface area contributed by atoms with Crippen molar-refractivity contribution in [2.45, 2.75) is 38.8 Å². The van der Waals surface area contributed by atoms with E-state index in [1.807, 2.05) is 5.38 Å². The van der Waals surface area contributed by atoms with Gasteiger partial charge in [0.05, 0.1) is 19.8 Å². The van der Waals surface area contributed by atoms with Crippen molar-refractivity contribution in [1.82, 2.24) is 20.1 Å². The van der Waals surface area contributed by atoms with E-state index in [-0.39, 0.29) is 5.91 Å². The Morgan fingerprint density at radius 1 is 0.952 bits per heavy atom. The summed E-state index contributed by atoms with van der Waals surface area (Å²) in [6.07, 6.45) is 1.92. The van der Waals surface area contributed by atoms with Gasteiger partial charge in [-0.2, -0.15) is 0 Å². The Morgan fingerprint density at radius 3 is 2.29 bits per heavy atom. The number of benzene rings is 3. The maximum Gasteiger partial charge on any atom is 0.270 e. The van der Waals surface area contributed by atoms with Gasteiger partial charge in [0.1, 0.15) is 10.7 Å². The first-order valence-electron chi connectivity index (χ1n) is 15.0. The summed E-state index contributed by atoms with van der Waals surface area (Å²) >= 11 is 1.57. The number of carbonyl (C=O) groups is 1. The van der Waals surface area contributed by atoms with E-state index in [1.54, 1.807) is 11.3 Å². The third-order valence-corrected chi connectivity index (χ3v) is 8.68. The number of rotatable bonds is 14. The van der Waals surface area contributed by atoms with Crippen molar-refractivity contribution in [2.75, 3.05) is 45.9 Å². The Hall–Kier alpha value is -3.36. The van der Waals surface area contributed by atoms with Crippen molar-refractivity contribution in [1.29, 1.82) is 0 Å². The zero-order valence-electron chi connectivity index (χ0n) is 24.6. The Bertz CT molecular complexity index is 1320. The minimum Gasteiger partial charge on any atom is -0.379 e. The van der Waals surface area contributed by atoms with E-state index in [0.29, 0.717) is 24.7 Å². The van der Waals surface area contributed by atoms with Crippen LogP contribution in [0.3, 0.4) is 0 Å². The summed E-state index contributed by atoms with van der Waals surface area (Å²) in [6.45, 7) is 9.75. The van der Waals surface area contributed by atoms with E-state index in [2.05, 4.69) is 107 Å². The molecule has 0 atom stereocenters. The van der Waals surface area contributed by atoms with Gasteiger partial charge in [-0.3, -0.25) is 14.6 Å². The summed E-state index contributed by atoms with van der Waals surface area (Å²) in [5.41, 5.74) is 5.73. The highest BCUT2D eigenvalue weighted by Crippen LogP contribution is 2.29. The van der Waals surface area contributed by atoms with Crippen LogP contribution in [0.25, 0.3) is 0 Å². The van der Waals surface area contributed by atoms with Crippen molar-refractivity contribution >= 4 is 17.2 Å². The third-order valence-electron chi connectivity index (χ3n) is 7.85. The number of hydrogen-bond donors (Lipinski definition) is 1. The van der Waals surface area contributed by atoms with Crippen LogP contribution in [0.2, 0.25) is 0 Å². The van der Waals surface area contributed by atoms with Gasteiger partial charge in [-0.05, 0) is 49.5 Å². The van der Waals surface area contributed by atoms with Crippen LogP contribution in [0.4, 0.5) is 0 Å². The minimum absolute atomic E-state index is 0.0854. The van der Waals surface area contributed by atoms with Crippen molar-refractivity contribution in [3.8, 4) is 0 Å². The lowest BCUT2D eigenvalue weighted by Crippen LogP contribution is -2.38. The molecule has 1 fully saturated rings. The first-order chi connectivity index (χ1) is 20.6. The SMILES string of the molecule is Cc1ccc(CN(CCC(c2ccccc2)c2ccccc2)Cc2nc(C(=O)NCCCN3CCOCC3)cs2)cc1. The molecule has 2 heterocycles. The summed E-state index contributed by atoms with van der Waals surface area (Å²) in [4.78, 5) is 22.4. The van der Waals surface area contributed by atoms with Crippen molar-refractivity contribution in [3.05, 3.63) is 123 Å². The van der Waals surface area contributed by atoms with Gasteiger partial charge >= 0.3 is 0 Å². The second kappa shape index (κ2) is 15.8. The molecule has 1 aliphatic heterocycles. The van der Waals surface area contributed by atoms with Gasteiger partial charge in [0.25, 0.3) is 5.91 Å². The molecule has 0 bridgehead atoms. The van der Waals surface area contributed by atoms with Crippen molar-refractivity contribution < 1.29 is 9.53 Å². The lowest BCUT2D eigenvalue weighted by molar-refractivity contribution is 0.0374. The zero-order valence-corrected chi connectivity index (χ0v) is 25.4. The summed E-state index contributed by atoms with van der Waals surface area (Å²) in [5.74, 6) is 0.223. The Labute approximate surface area is 254 Å². The van der Waals surface area contributed by atoms with E-state index in [4.69, 9.17) is 9.72 Å². The zero-order chi connectivity index (χ0) is 29.0. The highest BCUT2D eigenvalue weighted by molar-refractivity contribution is 7.09. The molecule has 1 aliphatic rings. The van der Waals surface area contributed by atoms with Crippen LogP contribution in [0, 0.1) is 6.92 Å². The minimum atomic E-state index is -0.0854. The molecule has 0 saturated carbocycles. The van der Waals surface area contributed by atoms with Gasteiger partial charge in [0.15, 0.2) is 0 Å². The number of aryl methyl sites for hydroxylation is 1. The van der Waals surface area contributed by atoms with Gasteiger partial charge in [-0.25, -0.2) is 4.98 Å². The highest BCUT2D eigenvalue weighted by Gasteiger charge is 2.19. The summed E-state index contributed by atoms with van der Waals surface area (Å²) < 4.78 is 5.41. The number of hydrogen-bond acceptors (Lipinski definition) is 6. The van der Waals surface area contributed by atoms with E-state index < -0.39 is 0 Å². The van der Waals surface area contributed by atoms with Gasteiger partial charge < -0.3 is 10.1 Å². The molecule has 1 amide bonds. The maximum absolute atomic E-state index is 12.8. The van der Waals surface area contributed by atoms with Crippen LogP contribution in [0.15, 0.2) is 90.3 Å². The lowest BCUT2D eigenvalue weighted by Gasteiger charge is -2.26. The molecular weight excluding hydrogens is 540 g/mol. The second-order valence-electron chi connectivity index (χ2n) is 11.0. The normalized spacial score (nSPS) is 14.0. The van der Waals surface area contributed by atoms with Crippen LogP contribution in [-0.2, 0) is 17.8 Å². The molecule has 0 spiro atoms. The van der Waals surface area contributed by atoms with Gasteiger partial charge in [-0.1, -0.05) is 90.5 Å². The number of amides is 1. The molecule has 0 aliphatic carbocycles. The molecule has 3 aromatic carbocycles. The predicted molar refractivity (Wildman–Crippen MR) is 171 cm³/mol. The summed E-state index contributed by atoms with van der Waals surface area (Å²) in [7, 11) is 0. The van der Waals surface area contributed by atoms with Crippen molar-refractivity contribution in [3.63, 3.8) is 0 Å². The van der Waals surface area contributed by atoms with E-state index >= 15 is 0 Å². The number of thiazole rings is 1. The number of ether oxygens (including phenoxy) is 1. The summed E-state index contributed by atoms with van der Waals surface area (Å²) in [6, 6.07) is 30.4. The predicted octanol–water partition coefficient (Wildman–Crippen LogP) is 6.13. The first-order valence-corrected chi connectivity index (χ1v) is 15.9. The van der Waals surface area contributed by atoms with Gasteiger partial charge in [-0.15, -0.1) is 11.3 Å². The topological polar surface area (TPSA) is 57.7 Å². The fourth-order valence-electron chi connectivity index (χ4n) is 5.47. The fraction of sp³-hybridized carbons (Fsp3) is 0.371.